The molecule has 6 rings (SSSR count). The zero-order valence-electron chi connectivity index (χ0n) is 19.9. The number of rotatable bonds is 5. The summed E-state index contributed by atoms with van der Waals surface area (Å²) in [6.07, 6.45) is 7.67. The maximum absolute atomic E-state index is 13.2. The summed E-state index contributed by atoms with van der Waals surface area (Å²) in [4.78, 5) is 17.6. The van der Waals surface area contributed by atoms with Crippen LogP contribution in [0.4, 0.5) is 0 Å². The van der Waals surface area contributed by atoms with E-state index in [4.69, 9.17) is 0 Å². The Morgan fingerprint density at radius 1 is 0.838 bits per heavy atom. The van der Waals surface area contributed by atoms with Gasteiger partial charge in [0.05, 0.1) is 33.7 Å². The lowest BCUT2D eigenvalue weighted by molar-refractivity contribution is 0.346. The van der Waals surface area contributed by atoms with E-state index in [0.717, 1.165) is 35.9 Å². The highest BCUT2D eigenvalue weighted by atomic mass is 32.2. The van der Waals surface area contributed by atoms with Crippen molar-refractivity contribution < 1.29 is 8.42 Å². The molecule has 0 radical (unpaired) electrons. The van der Waals surface area contributed by atoms with Gasteiger partial charge in [-0.25, -0.2) is 17.8 Å². The lowest BCUT2D eigenvalue weighted by Crippen LogP contribution is -2.35. The van der Waals surface area contributed by atoms with E-state index in [2.05, 4.69) is 15.2 Å². The SMILES string of the molecule is O=c1ccn(-c2cccc(S(=O)(=O)N3CCCCC3)c2)nc1-c1ccnn1-c1cccc2ncccc12. The monoisotopic (exact) mass is 512 g/mol. The Morgan fingerprint density at radius 2 is 1.68 bits per heavy atom. The van der Waals surface area contributed by atoms with Crippen LogP contribution in [-0.2, 0) is 10.0 Å². The Labute approximate surface area is 213 Å². The number of pyridine rings is 1. The third kappa shape index (κ3) is 4.24. The predicted molar refractivity (Wildman–Crippen MR) is 140 cm³/mol. The molecule has 5 aromatic rings. The smallest absolute Gasteiger partial charge is 0.243 e. The molecule has 3 aromatic heterocycles. The van der Waals surface area contributed by atoms with Crippen LogP contribution in [0.2, 0.25) is 0 Å². The fraction of sp³-hybridized carbons (Fsp3) is 0.185. The van der Waals surface area contributed by atoms with Crippen molar-refractivity contribution in [3.05, 3.63) is 95.5 Å². The lowest BCUT2D eigenvalue weighted by Gasteiger charge is -2.26. The Morgan fingerprint density at radius 3 is 2.54 bits per heavy atom. The zero-order valence-corrected chi connectivity index (χ0v) is 20.8. The van der Waals surface area contributed by atoms with Crippen LogP contribution in [0.3, 0.4) is 0 Å². The second-order valence-electron chi connectivity index (χ2n) is 8.91. The van der Waals surface area contributed by atoms with E-state index in [1.54, 1.807) is 53.6 Å². The first-order valence-corrected chi connectivity index (χ1v) is 13.6. The molecule has 4 heterocycles. The summed E-state index contributed by atoms with van der Waals surface area (Å²) in [5.41, 5.74) is 2.58. The van der Waals surface area contributed by atoms with Crippen LogP contribution in [0.5, 0.6) is 0 Å². The van der Waals surface area contributed by atoms with Crippen molar-refractivity contribution in [3.63, 3.8) is 0 Å². The minimum Gasteiger partial charge on any atom is -0.287 e. The third-order valence-corrected chi connectivity index (χ3v) is 8.47. The molecule has 0 atom stereocenters. The fourth-order valence-electron chi connectivity index (χ4n) is 4.72. The van der Waals surface area contributed by atoms with Crippen LogP contribution in [-0.4, -0.2) is 50.4 Å². The van der Waals surface area contributed by atoms with Crippen LogP contribution >= 0.6 is 0 Å². The van der Waals surface area contributed by atoms with E-state index in [9.17, 15) is 13.2 Å². The number of hydrogen-bond donors (Lipinski definition) is 0. The number of hydrogen-bond acceptors (Lipinski definition) is 6. The van der Waals surface area contributed by atoms with Gasteiger partial charge in [0.15, 0.2) is 5.69 Å². The standard InChI is InChI=1S/C27H24N6O3S/c34-26-13-18-32(20-7-4-8-21(19-20)37(35,36)31-16-2-1-3-17-31)30-27(26)25-12-15-29-33(25)24-11-5-10-23-22(24)9-6-14-28-23/h4-15,18-19H,1-3,16-17H2. The van der Waals surface area contributed by atoms with Crippen LogP contribution in [0.25, 0.3) is 33.7 Å². The summed E-state index contributed by atoms with van der Waals surface area (Å²) in [6.45, 7) is 1.06. The molecule has 1 aliphatic heterocycles. The molecule has 0 N–H and O–H groups in total. The van der Waals surface area contributed by atoms with Gasteiger partial charge in [-0.1, -0.05) is 18.6 Å². The van der Waals surface area contributed by atoms with Crippen molar-refractivity contribution in [1.29, 1.82) is 0 Å². The second kappa shape index (κ2) is 9.38. The van der Waals surface area contributed by atoms with E-state index in [0.29, 0.717) is 24.5 Å². The van der Waals surface area contributed by atoms with Crippen LogP contribution in [0.15, 0.2) is 95.0 Å². The van der Waals surface area contributed by atoms with E-state index < -0.39 is 10.0 Å². The Bertz CT molecular complexity index is 1770. The summed E-state index contributed by atoms with van der Waals surface area (Å²) >= 11 is 0. The van der Waals surface area contributed by atoms with E-state index >= 15 is 0 Å². The topological polar surface area (TPSA) is 103 Å². The van der Waals surface area contributed by atoms with Gasteiger partial charge in [0, 0.05) is 36.9 Å². The van der Waals surface area contributed by atoms with E-state index in [1.165, 1.54) is 15.1 Å². The molecule has 0 bridgehead atoms. The molecular formula is C27H24N6O3S. The average molecular weight is 513 g/mol. The Hall–Kier alpha value is -4.15. The summed E-state index contributed by atoms with van der Waals surface area (Å²) in [5.74, 6) is 0. The first kappa shape index (κ1) is 23.3. The summed E-state index contributed by atoms with van der Waals surface area (Å²) in [7, 11) is -3.61. The largest absolute Gasteiger partial charge is 0.287 e. The van der Waals surface area contributed by atoms with Crippen molar-refractivity contribution >= 4 is 20.9 Å². The second-order valence-corrected chi connectivity index (χ2v) is 10.8. The minimum absolute atomic E-state index is 0.199. The highest BCUT2D eigenvalue weighted by Crippen LogP contribution is 2.26. The van der Waals surface area contributed by atoms with Crippen molar-refractivity contribution in [1.82, 2.24) is 28.9 Å². The molecule has 0 amide bonds. The van der Waals surface area contributed by atoms with Crippen molar-refractivity contribution in [3.8, 4) is 22.8 Å². The van der Waals surface area contributed by atoms with Gasteiger partial charge in [0.2, 0.25) is 15.5 Å². The number of nitrogens with zero attached hydrogens (tertiary/aromatic N) is 6. The molecule has 0 saturated carbocycles. The Kier molecular flexibility index (Phi) is 5.90. The van der Waals surface area contributed by atoms with Gasteiger partial charge in [-0.05, 0) is 61.4 Å². The molecule has 0 aliphatic carbocycles. The molecule has 0 unspecified atom stereocenters. The van der Waals surface area contributed by atoms with Gasteiger partial charge < -0.3 is 0 Å². The highest BCUT2D eigenvalue weighted by molar-refractivity contribution is 7.89. The minimum atomic E-state index is -3.61. The lowest BCUT2D eigenvalue weighted by atomic mass is 10.1. The summed E-state index contributed by atoms with van der Waals surface area (Å²) in [6, 6.07) is 19.3. The first-order valence-electron chi connectivity index (χ1n) is 12.1. The van der Waals surface area contributed by atoms with E-state index in [-0.39, 0.29) is 16.0 Å². The molecular weight excluding hydrogens is 488 g/mol. The van der Waals surface area contributed by atoms with Crippen molar-refractivity contribution in [2.24, 2.45) is 0 Å². The van der Waals surface area contributed by atoms with Crippen LogP contribution < -0.4 is 5.43 Å². The maximum Gasteiger partial charge on any atom is 0.243 e. The first-order chi connectivity index (χ1) is 18.0. The molecule has 1 saturated heterocycles. The number of fused-ring (bicyclic) bond motifs is 1. The van der Waals surface area contributed by atoms with Gasteiger partial charge in [-0.3, -0.25) is 9.78 Å². The van der Waals surface area contributed by atoms with Gasteiger partial charge in [0.25, 0.3) is 0 Å². The molecule has 9 nitrogen and oxygen atoms in total. The normalized spacial score (nSPS) is 14.7. The maximum atomic E-state index is 13.2. The molecule has 186 valence electrons. The molecule has 1 fully saturated rings. The highest BCUT2D eigenvalue weighted by Gasteiger charge is 2.26. The van der Waals surface area contributed by atoms with Crippen molar-refractivity contribution in [2.45, 2.75) is 24.2 Å². The third-order valence-electron chi connectivity index (χ3n) is 6.58. The fourth-order valence-corrected chi connectivity index (χ4v) is 6.27. The van der Waals surface area contributed by atoms with Gasteiger partial charge >= 0.3 is 0 Å². The number of aromatic nitrogens is 5. The van der Waals surface area contributed by atoms with E-state index in [1.807, 2.05) is 30.3 Å². The van der Waals surface area contributed by atoms with Gasteiger partial charge in [-0.15, -0.1) is 0 Å². The van der Waals surface area contributed by atoms with Crippen LogP contribution in [0.1, 0.15) is 19.3 Å². The summed E-state index contributed by atoms with van der Waals surface area (Å²) in [5, 5.41) is 9.97. The molecule has 37 heavy (non-hydrogen) atoms. The van der Waals surface area contributed by atoms with Crippen LogP contribution in [0, 0.1) is 0 Å². The molecule has 2 aromatic carbocycles. The number of benzene rings is 2. The van der Waals surface area contributed by atoms with Crippen molar-refractivity contribution in [2.75, 3.05) is 13.1 Å². The van der Waals surface area contributed by atoms with Gasteiger partial charge in [0.1, 0.15) is 0 Å². The van der Waals surface area contributed by atoms with Gasteiger partial charge in [-0.2, -0.15) is 14.5 Å². The average Bonchev–Trinajstić information content (AvgIpc) is 3.43. The quantitative estimate of drug-likeness (QED) is 0.355. The molecule has 0 spiro atoms. The summed E-state index contributed by atoms with van der Waals surface area (Å²) < 4.78 is 31.2. The number of piperidine rings is 1. The molecule has 1 aliphatic rings. The number of sulfonamides is 1. The zero-order chi connectivity index (χ0) is 25.4. The predicted octanol–water partition coefficient (Wildman–Crippen LogP) is 3.81. The Balaban J connectivity index is 1.42. The molecule has 10 heteroatoms.